The predicted octanol–water partition coefficient (Wildman–Crippen LogP) is 5.15. The molecule has 1 spiro atoms. The van der Waals surface area contributed by atoms with Crippen molar-refractivity contribution in [3.05, 3.63) is 82.6 Å². The first-order valence-electron chi connectivity index (χ1n) is 17.6. The van der Waals surface area contributed by atoms with Gasteiger partial charge in [0, 0.05) is 37.3 Å². The highest BCUT2D eigenvalue weighted by Crippen LogP contribution is 2.46. The second-order valence-electron chi connectivity index (χ2n) is 14.8. The number of nitrogens with zero attached hydrogens (tertiary/aromatic N) is 4. The molecule has 6 atom stereocenters. The number of aromatic nitrogens is 2. The van der Waals surface area contributed by atoms with E-state index in [9.17, 15) is 18.9 Å². The molecule has 2 aliphatic carbocycles. The Morgan fingerprint density at radius 1 is 1.20 bits per heavy atom. The summed E-state index contributed by atoms with van der Waals surface area (Å²) in [4.78, 5) is 29.8. The molecule has 2 bridgehead atoms. The van der Waals surface area contributed by atoms with E-state index in [0.29, 0.717) is 31.9 Å². The zero-order valence-corrected chi connectivity index (χ0v) is 30.1. The quantitative estimate of drug-likeness (QED) is 0.359. The summed E-state index contributed by atoms with van der Waals surface area (Å²) in [5, 5.41) is 15.5. The number of fused-ring (bicyclic) bond motifs is 4. The van der Waals surface area contributed by atoms with E-state index in [2.05, 4.69) is 44.2 Å². The van der Waals surface area contributed by atoms with E-state index in [1.165, 1.54) is 34.7 Å². The van der Waals surface area contributed by atoms with Gasteiger partial charge in [0.25, 0.3) is 11.8 Å². The van der Waals surface area contributed by atoms with E-state index >= 15 is 0 Å². The fraction of sp³-hybridized carbons (Fsp3) is 0.500. The van der Waals surface area contributed by atoms with Gasteiger partial charge in [-0.05, 0) is 92.5 Å². The zero-order chi connectivity index (χ0) is 35.2. The zero-order valence-electron chi connectivity index (χ0n) is 29.3. The number of allylic oxidation sites excluding steroid dienone is 1. The van der Waals surface area contributed by atoms with Crippen LogP contribution in [0.2, 0.25) is 0 Å². The number of anilines is 1. The van der Waals surface area contributed by atoms with E-state index in [1.807, 2.05) is 25.1 Å². The molecule has 7 rings (SSSR count). The Kier molecular flexibility index (Phi) is 9.27. The number of methoxy groups -OCH3 is 1. The highest BCUT2D eigenvalue weighted by molar-refractivity contribution is 7.92. The summed E-state index contributed by atoms with van der Waals surface area (Å²) in [6.45, 7) is 5.95. The fourth-order valence-corrected chi connectivity index (χ4v) is 10.2. The molecule has 0 saturated heterocycles. The molecule has 1 fully saturated rings. The molecule has 266 valence electrons. The van der Waals surface area contributed by atoms with Gasteiger partial charge in [0.15, 0.2) is 0 Å². The number of carbonyl (C=O) groups is 2. The third kappa shape index (κ3) is 6.67. The van der Waals surface area contributed by atoms with Crippen LogP contribution in [-0.2, 0) is 28.8 Å². The van der Waals surface area contributed by atoms with Gasteiger partial charge in [0.1, 0.15) is 21.2 Å². The van der Waals surface area contributed by atoms with Crippen LogP contribution in [0.1, 0.15) is 76.4 Å². The van der Waals surface area contributed by atoms with Crippen LogP contribution in [0.15, 0.2) is 59.1 Å². The minimum Gasteiger partial charge on any atom is -0.490 e. The van der Waals surface area contributed by atoms with E-state index in [1.54, 1.807) is 19.2 Å². The second-order valence-corrected chi connectivity index (χ2v) is 16.8. The van der Waals surface area contributed by atoms with Gasteiger partial charge in [0.05, 0.1) is 31.3 Å². The monoisotopic (exact) mass is 701 g/mol. The number of carbonyl (C=O) groups excluding carboxylic acids is 2. The summed E-state index contributed by atoms with van der Waals surface area (Å²) in [5.41, 5.74) is 4.83. The van der Waals surface area contributed by atoms with Crippen molar-refractivity contribution in [3.63, 3.8) is 0 Å². The molecule has 4 aliphatic rings. The van der Waals surface area contributed by atoms with E-state index < -0.39 is 27.8 Å². The Labute approximate surface area is 294 Å². The first kappa shape index (κ1) is 34.3. The third-order valence-corrected chi connectivity index (χ3v) is 12.9. The number of aryl methyl sites for hydroxylation is 3. The lowest BCUT2D eigenvalue weighted by Crippen LogP contribution is -2.49. The van der Waals surface area contributed by atoms with Crippen molar-refractivity contribution in [2.75, 3.05) is 37.5 Å². The molecule has 12 heteroatoms. The average Bonchev–Trinajstić information content (AvgIpc) is 3.37. The number of nitrogens with one attached hydrogen (secondary N) is 1. The minimum atomic E-state index is -3.61. The van der Waals surface area contributed by atoms with Crippen LogP contribution < -0.4 is 19.1 Å². The topological polar surface area (TPSA) is 135 Å². The van der Waals surface area contributed by atoms with Crippen molar-refractivity contribution in [2.24, 2.45) is 29.2 Å². The predicted molar refractivity (Wildman–Crippen MR) is 192 cm³/mol. The molecule has 11 nitrogen and oxygen atoms in total. The van der Waals surface area contributed by atoms with Gasteiger partial charge in [-0.15, -0.1) is 9.46 Å². The number of hydrogen-bond acceptors (Lipinski definition) is 8. The molecule has 2 amide bonds. The Morgan fingerprint density at radius 2 is 2.04 bits per heavy atom. The lowest BCUT2D eigenvalue weighted by Gasteiger charge is -2.45. The van der Waals surface area contributed by atoms with Crippen molar-refractivity contribution in [1.29, 1.82) is 0 Å². The van der Waals surface area contributed by atoms with Crippen molar-refractivity contribution >= 4 is 27.4 Å². The van der Waals surface area contributed by atoms with Crippen LogP contribution in [0.4, 0.5) is 5.69 Å². The molecular weight excluding hydrogens is 655 g/mol. The molecule has 50 heavy (non-hydrogen) atoms. The van der Waals surface area contributed by atoms with E-state index in [4.69, 9.17) is 9.47 Å². The Hall–Kier alpha value is -4.16. The van der Waals surface area contributed by atoms with E-state index in [0.717, 1.165) is 37.8 Å². The maximum Gasteiger partial charge on any atom is 0.286 e. The molecule has 1 unspecified atom stereocenters. The summed E-state index contributed by atoms with van der Waals surface area (Å²) < 4.78 is 34.6. The smallest absolute Gasteiger partial charge is 0.286 e. The summed E-state index contributed by atoms with van der Waals surface area (Å²) >= 11 is 0. The Bertz CT molecular complexity index is 1960. The van der Waals surface area contributed by atoms with Gasteiger partial charge in [-0.2, -0.15) is 0 Å². The SMILES string of the molecule is COc1nn(C)cc1C(=O)NS1(=O)=NC(=O)c2ccc3c(c2)N(C[C@@H]2CC[C@H]2[C@H](O)/C=C/C[C@H](C)C1)C[C@@]1(CCCc2cc(C)ccc21)CO3. The van der Waals surface area contributed by atoms with Crippen LogP contribution in [0.5, 0.6) is 11.6 Å². The minimum absolute atomic E-state index is 0.0683. The number of aliphatic hydroxyl groups is 1. The Morgan fingerprint density at radius 3 is 2.82 bits per heavy atom. The van der Waals surface area contributed by atoms with Gasteiger partial charge in [0.2, 0.25) is 5.88 Å². The van der Waals surface area contributed by atoms with Crippen LogP contribution in [0.3, 0.4) is 0 Å². The lowest BCUT2D eigenvalue weighted by atomic mass is 9.68. The number of rotatable bonds is 3. The van der Waals surface area contributed by atoms with Gasteiger partial charge in [-0.3, -0.25) is 19.0 Å². The van der Waals surface area contributed by atoms with Crippen molar-refractivity contribution in [1.82, 2.24) is 14.5 Å². The molecule has 0 radical (unpaired) electrons. The molecule has 2 aromatic carbocycles. The first-order chi connectivity index (χ1) is 24.0. The fourth-order valence-electron chi connectivity index (χ4n) is 8.27. The van der Waals surface area contributed by atoms with Crippen LogP contribution in [0, 0.1) is 24.7 Å². The number of hydrogen-bond donors (Lipinski definition) is 2. The van der Waals surface area contributed by atoms with Crippen molar-refractivity contribution in [3.8, 4) is 11.6 Å². The summed E-state index contributed by atoms with van der Waals surface area (Å²) in [6.07, 6.45) is 10.1. The summed E-state index contributed by atoms with van der Waals surface area (Å²) in [6, 6.07) is 12.0. The van der Waals surface area contributed by atoms with Gasteiger partial charge >= 0.3 is 0 Å². The maximum atomic E-state index is 14.5. The highest BCUT2D eigenvalue weighted by atomic mass is 32.2. The normalized spacial score (nSPS) is 30.1. The molecule has 2 aliphatic heterocycles. The number of ether oxygens (including phenoxy) is 2. The lowest BCUT2D eigenvalue weighted by molar-refractivity contribution is 0.0456. The van der Waals surface area contributed by atoms with Crippen LogP contribution in [-0.4, -0.2) is 69.6 Å². The Balaban J connectivity index is 1.30. The third-order valence-electron chi connectivity index (χ3n) is 10.9. The summed E-state index contributed by atoms with van der Waals surface area (Å²) in [5.74, 6) is -0.536. The largest absolute Gasteiger partial charge is 0.490 e. The van der Waals surface area contributed by atoms with Gasteiger partial charge < -0.3 is 19.5 Å². The van der Waals surface area contributed by atoms with Crippen LogP contribution >= 0.6 is 0 Å². The number of benzene rings is 2. The first-order valence-corrected chi connectivity index (χ1v) is 19.3. The standard InChI is InChI=1S/C38H47N5O6S/c1-24-10-14-31-26(17-24)8-6-16-38(31)22-43-19-28-11-13-29(28)33(44)9-5-7-25(2)21-50(47,41-36(46)30-20-42(3)39-37(30)48-4)40-35(45)27-12-15-34(49-23-38)32(43)18-27/h5,9-10,12,14-15,17-18,20,25,28-29,33,44H,6-8,11,13,16,19,21-23H2,1-4H3,(H,40,41,45,46,47)/b9-5+/t25-,28-,29+,33+,38-,50?/m0/s1. The molecule has 3 heterocycles. The van der Waals surface area contributed by atoms with Gasteiger partial charge in [-0.25, -0.2) is 4.21 Å². The molecular formula is C38H47N5O6S. The maximum absolute atomic E-state index is 14.5. The molecule has 3 aromatic rings. The molecule has 1 aromatic heterocycles. The van der Waals surface area contributed by atoms with Crippen molar-refractivity contribution in [2.45, 2.75) is 63.9 Å². The average molecular weight is 702 g/mol. The summed E-state index contributed by atoms with van der Waals surface area (Å²) in [7, 11) is -0.563. The van der Waals surface area contributed by atoms with Crippen molar-refractivity contribution < 1.29 is 28.4 Å². The van der Waals surface area contributed by atoms with Crippen LogP contribution in [0.25, 0.3) is 0 Å². The molecule has 2 N–H and O–H groups in total. The second kappa shape index (κ2) is 13.5. The molecule has 1 saturated carbocycles. The number of aliphatic hydroxyl groups excluding tert-OH is 1. The number of amides is 2. The highest BCUT2D eigenvalue weighted by Gasteiger charge is 2.44. The van der Waals surface area contributed by atoms with Gasteiger partial charge in [-0.1, -0.05) is 42.8 Å². The van der Waals surface area contributed by atoms with E-state index in [-0.39, 0.29) is 45.9 Å².